The van der Waals surface area contributed by atoms with Gasteiger partial charge in [0.15, 0.2) is 0 Å². The molecule has 0 aliphatic heterocycles. The van der Waals surface area contributed by atoms with Crippen molar-refractivity contribution in [2.24, 2.45) is 0 Å². The van der Waals surface area contributed by atoms with Crippen LogP contribution in [-0.2, 0) is 4.65 Å². The van der Waals surface area contributed by atoms with Gasteiger partial charge in [0.1, 0.15) is 0 Å². The number of para-hydroxylation sites is 2. The van der Waals surface area contributed by atoms with Crippen LogP contribution in [0, 0.1) is 0 Å². The SMILES string of the molecule is CC(C)(O)C(C)(C)OBc1ccc2c3ccccc3n(-c3ccccc3)c2c1. The summed E-state index contributed by atoms with van der Waals surface area (Å²) in [6.07, 6.45) is 0. The van der Waals surface area contributed by atoms with Gasteiger partial charge >= 0.3 is 7.48 Å². The van der Waals surface area contributed by atoms with Gasteiger partial charge in [-0.2, -0.15) is 0 Å². The van der Waals surface area contributed by atoms with E-state index in [1.807, 2.05) is 19.9 Å². The molecule has 0 aliphatic rings. The fourth-order valence-electron chi connectivity index (χ4n) is 3.40. The lowest BCUT2D eigenvalue weighted by Gasteiger charge is -2.37. The van der Waals surface area contributed by atoms with Crippen LogP contribution in [0.15, 0.2) is 72.8 Å². The molecule has 4 rings (SSSR count). The summed E-state index contributed by atoms with van der Waals surface area (Å²) < 4.78 is 8.39. The standard InChI is InChI=1S/C24H26BNO2/c1-23(2,27)24(3,4)28-25-17-14-15-20-19-12-8-9-13-21(19)26(22(20)16-17)18-10-6-5-7-11-18/h5-16,25,27H,1-4H3. The molecule has 0 saturated carbocycles. The van der Waals surface area contributed by atoms with Crippen LogP contribution in [-0.4, -0.2) is 28.4 Å². The van der Waals surface area contributed by atoms with E-state index < -0.39 is 11.2 Å². The summed E-state index contributed by atoms with van der Waals surface area (Å²) in [6, 6.07) is 25.4. The maximum absolute atomic E-state index is 10.4. The second-order valence-corrected chi connectivity index (χ2v) is 8.40. The Morgan fingerprint density at radius 2 is 1.43 bits per heavy atom. The fourth-order valence-corrected chi connectivity index (χ4v) is 3.40. The van der Waals surface area contributed by atoms with E-state index in [2.05, 4.69) is 71.3 Å². The molecule has 0 fully saturated rings. The summed E-state index contributed by atoms with van der Waals surface area (Å²) in [4.78, 5) is 0. The molecular formula is C24H26BNO2. The minimum absolute atomic E-state index is 0.448. The zero-order valence-corrected chi connectivity index (χ0v) is 16.9. The lowest BCUT2D eigenvalue weighted by atomic mass is 9.82. The van der Waals surface area contributed by atoms with E-state index in [-0.39, 0.29) is 0 Å². The van der Waals surface area contributed by atoms with Crippen molar-refractivity contribution in [3.05, 3.63) is 72.8 Å². The predicted molar refractivity (Wildman–Crippen MR) is 119 cm³/mol. The molecule has 0 unspecified atom stereocenters. The first-order valence-corrected chi connectivity index (χ1v) is 9.72. The smallest absolute Gasteiger partial charge is 0.309 e. The lowest BCUT2D eigenvalue weighted by molar-refractivity contribution is -0.0893. The maximum atomic E-state index is 10.4. The van der Waals surface area contributed by atoms with Gasteiger partial charge in [-0.15, -0.1) is 0 Å². The van der Waals surface area contributed by atoms with Crippen LogP contribution in [0.4, 0.5) is 0 Å². The number of hydrogen-bond acceptors (Lipinski definition) is 2. The van der Waals surface area contributed by atoms with Gasteiger partial charge in [-0.3, -0.25) is 0 Å². The molecule has 1 heterocycles. The Balaban J connectivity index is 1.82. The van der Waals surface area contributed by atoms with E-state index in [0.717, 1.165) is 16.7 Å². The quantitative estimate of drug-likeness (QED) is 0.530. The Morgan fingerprint density at radius 1 is 0.786 bits per heavy atom. The third kappa shape index (κ3) is 3.23. The van der Waals surface area contributed by atoms with Crippen molar-refractivity contribution in [3.63, 3.8) is 0 Å². The van der Waals surface area contributed by atoms with E-state index in [9.17, 15) is 5.11 Å². The van der Waals surface area contributed by atoms with E-state index in [1.165, 1.54) is 16.3 Å². The average molecular weight is 371 g/mol. The molecule has 28 heavy (non-hydrogen) atoms. The second kappa shape index (κ2) is 6.80. The van der Waals surface area contributed by atoms with Crippen LogP contribution in [0.25, 0.3) is 27.5 Å². The van der Waals surface area contributed by atoms with Gasteiger partial charge in [0, 0.05) is 16.5 Å². The highest BCUT2D eigenvalue weighted by Gasteiger charge is 2.35. The largest absolute Gasteiger partial charge is 0.427 e. The number of benzene rings is 3. The molecule has 142 valence electrons. The maximum Gasteiger partial charge on any atom is 0.309 e. The molecule has 0 radical (unpaired) electrons. The van der Waals surface area contributed by atoms with Crippen molar-refractivity contribution in [2.45, 2.75) is 38.9 Å². The van der Waals surface area contributed by atoms with Gasteiger partial charge in [0.25, 0.3) is 0 Å². The minimum Gasteiger partial charge on any atom is -0.427 e. The minimum atomic E-state index is -0.921. The molecule has 0 spiro atoms. The third-order valence-corrected chi connectivity index (χ3v) is 5.83. The molecule has 0 aliphatic carbocycles. The van der Waals surface area contributed by atoms with Crippen molar-refractivity contribution >= 4 is 34.8 Å². The number of nitrogens with zero attached hydrogens (tertiary/aromatic N) is 1. The highest BCUT2D eigenvalue weighted by atomic mass is 16.5. The molecule has 1 N–H and O–H groups in total. The van der Waals surface area contributed by atoms with Gasteiger partial charge in [0.2, 0.25) is 0 Å². The number of hydrogen-bond donors (Lipinski definition) is 1. The molecule has 4 heteroatoms. The van der Waals surface area contributed by atoms with Gasteiger partial charge < -0.3 is 14.3 Å². The van der Waals surface area contributed by atoms with Crippen molar-refractivity contribution in [1.82, 2.24) is 4.57 Å². The molecular weight excluding hydrogens is 345 g/mol. The first-order valence-electron chi connectivity index (χ1n) is 9.72. The molecule has 4 aromatic rings. The average Bonchev–Trinajstić information content (AvgIpc) is 3.00. The van der Waals surface area contributed by atoms with Crippen molar-refractivity contribution < 1.29 is 9.76 Å². The zero-order chi connectivity index (χ0) is 19.9. The third-order valence-electron chi connectivity index (χ3n) is 5.83. The summed E-state index contributed by atoms with van der Waals surface area (Å²) in [6.45, 7) is 7.41. The van der Waals surface area contributed by atoms with Gasteiger partial charge in [-0.25, -0.2) is 0 Å². The normalized spacial score (nSPS) is 12.6. The monoisotopic (exact) mass is 371 g/mol. The number of aromatic nitrogens is 1. The van der Waals surface area contributed by atoms with Crippen LogP contribution >= 0.6 is 0 Å². The Labute approximate surface area is 166 Å². The van der Waals surface area contributed by atoms with Crippen LogP contribution in [0.3, 0.4) is 0 Å². The Morgan fingerprint density at radius 3 is 2.14 bits per heavy atom. The Bertz CT molecular complexity index is 1120. The first kappa shape index (κ1) is 18.8. The van der Waals surface area contributed by atoms with Crippen LogP contribution in [0.5, 0.6) is 0 Å². The summed E-state index contributed by atoms with van der Waals surface area (Å²) in [5, 5.41) is 12.8. The molecule has 0 bridgehead atoms. The van der Waals surface area contributed by atoms with E-state index in [1.54, 1.807) is 13.8 Å². The number of rotatable bonds is 5. The van der Waals surface area contributed by atoms with Crippen molar-refractivity contribution in [1.29, 1.82) is 0 Å². The van der Waals surface area contributed by atoms with Gasteiger partial charge in [0.05, 0.1) is 22.2 Å². The first-order chi connectivity index (χ1) is 13.3. The highest BCUT2D eigenvalue weighted by Crippen LogP contribution is 2.31. The molecule has 3 aromatic carbocycles. The predicted octanol–water partition coefficient (Wildman–Crippen LogP) is 4.33. The fraction of sp³-hybridized carbons (Fsp3) is 0.250. The lowest BCUT2D eigenvalue weighted by Crippen LogP contribution is -2.49. The molecule has 3 nitrogen and oxygen atoms in total. The van der Waals surface area contributed by atoms with Crippen molar-refractivity contribution in [2.75, 3.05) is 0 Å². The molecule has 1 aromatic heterocycles. The summed E-state index contributed by atoms with van der Waals surface area (Å²) in [5.41, 5.74) is 3.02. The van der Waals surface area contributed by atoms with Crippen LogP contribution in [0.2, 0.25) is 0 Å². The highest BCUT2D eigenvalue weighted by molar-refractivity contribution is 6.47. The molecule has 0 amide bonds. The Kier molecular flexibility index (Phi) is 4.57. The van der Waals surface area contributed by atoms with Gasteiger partial charge in [-0.1, -0.05) is 54.0 Å². The topological polar surface area (TPSA) is 34.4 Å². The van der Waals surface area contributed by atoms with Crippen molar-refractivity contribution in [3.8, 4) is 5.69 Å². The van der Waals surface area contributed by atoms with Crippen LogP contribution in [0.1, 0.15) is 27.7 Å². The molecule has 0 saturated heterocycles. The van der Waals surface area contributed by atoms with Gasteiger partial charge in [-0.05, 0) is 52.0 Å². The number of aliphatic hydroxyl groups is 1. The van der Waals surface area contributed by atoms with E-state index in [0.29, 0.717) is 7.48 Å². The van der Waals surface area contributed by atoms with E-state index >= 15 is 0 Å². The summed E-state index contributed by atoms with van der Waals surface area (Å²) in [7, 11) is 0.448. The Hall–Kier alpha value is -2.56. The van der Waals surface area contributed by atoms with Crippen LogP contribution < -0.4 is 5.46 Å². The second-order valence-electron chi connectivity index (χ2n) is 8.40. The summed E-state index contributed by atoms with van der Waals surface area (Å²) in [5.74, 6) is 0. The van der Waals surface area contributed by atoms with E-state index in [4.69, 9.17) is 4.65 Å². The molecule has 0 atom stereocenters. The zero-order valence-electron chi connectivity index (χ0n) is 16.9. The number of fused-ring (bicyclic) bond motifs is 3. The summed E-state index contributed by atoms with van der Waals surface area (Å²) >= 11 is 0.